The zero-order chi connectivity index (χ0) is 20.1. The SMILES string of the molecule is Cc1ccc(COc2ccc(/C=C/C(=O)Nc3nc4ccccc4s3)cc2)cc1. The van der Waals surface area contributed by atoms with E-state index in [2.05, 4.69) is 41.5 Å². The third-order valence-corrected chi connectivity index (χ3v) is 5.31. The molecule has 0 saturated heterocycles. The van der Waals surface area contributed by atoms with Crippen LogP contribution in [-0.2, 0) is 11.4 Å². The van der Waals surface area contributed by atoms with E-state index >= 15 is 0 Å². The first kappa shape index (κ1) is 18.9. The molecular formula is C24H20N2O2S. The highest BCUT2D eigenvalue weighted by atomic mass is 32.1. The van der Waals surface area contributed by atoms with Crippen LogP contribution in [0.15, 0.2) is 78.9 Å². The van der Waals surface area contributed by atoms with Gasteiger partial charge in [-0.05, 0) is 48.4 Å². The van der Waals surface area contributed by atoms with Crippen LogP contribution in [-0.4, -0.2) is 10.9 Å². The van der Waals surface area contributed by atoms with Gasteiger partial charge < -0.3 is 4.74 Å². The van der Waals surface area contributed by atoms with Crippen LogP contribution in [0.2, 0.25) is 0 Å². The number of benzene rings is 3. The fourth-order valence-corrected chi connectivity index (χ4v) is 3.64. The minimum atomic E-state index is -0.205. The lowest BCUT2D eigenvalue weighted by molar-refractivity contribution is -0.111. The molecule has 4 nitrogen and oxygen atoms in total. The molecule has 1 heterocycles. The number of carbonyl (C=O) groups excluding carboxylic acids is 1. The molecule has 0 radical (unpaired) electrons. The second kappa shape index (κ2) is 8.71. The minimum Gasteiger partial charge on any atom is -0.489 e. The summed E-state index contributed by atoms with van der Waals surface area (Å²) in [7, 11) is 0. The second-order valence-corrected chi connectivity index (χ2v) is 7.68. The minimum absolute atomic E-state index is 0.205. The Kier molecular flexibility index (Phi) is 5.68. The molecule has 0 saturated carbocycles. The van der Waals surface area contributed by atoms with Crippen molar-refractivity contribution >= 4 is 38.7 Å². The van der Waals surface area contributed by atoms with Crippen LogP contribution in [0.5, 0.6) is 5.75 Å². The van der Waals surface area contributed by atoms with Gasteiger partial charge in [-0.15, -0.1) is 0 Å². The number of para-hydroxylation sites is 1. The standard InChI is InChI=1S/C24H20N2O2S/c1-17-6-8-19(9-7-17)16-28-20-13-10-18(11-14-20)12-15-23(27)26-24-25-21-4-2-3-5-22(21)29-24/h2-15H,16H2,1H3,(H,25,26,27)/b15-12+. The number of rotatable bonds is 6. The molecule has 1 N–H and O–H groups in total. The number of amides is 1. The molecule has 5 heteroatoms. The first-order valence-electron chi connectivity index (χ1n) is 9.29. The summed E-state index contributed by atoms with van der Waals surface area (Å²) in [5, 5.41) is 3.41. The normalized spacial score (nSPS) is 11.1. The lowest BCUT2D eigenvalue weighted by Gasteiger charge is -2.07. The zero-order valence-electron chi connectivity index (χ0n) is 16.0. The van der Waals surface area contributed by atoms with Crippen LogP contribution in [0.25, 0.3) is 16.3 Å². The van der Waals surface area contributed by atoms with Crippen LogP contribution < -0.4 is 10.1 Å². The average molecular weight is 401 g/mol. The molecule has 0 aliphatic carbocycles. The quantitative estimate of drug-likeness (QED) is 0.414. The first-order chi connectivity index (χ1) is 14.2. The first-order valence-corrected chi connectivity index (χ1v) is 10.1. The van der Waals surface area contributed by atoms with E-state index in [0.29, 0.717) is 11.7 Å². The van der Waals surface area contributed by atoms with Crippen LogP contribution in [0.4, 0.5) is 5.13 Å². The van der Waals surface area contributed by atoms with Crippen LogP contribution in [0, 0.1) is 6.92 Å². The van der Waals surface area contributed by atoms with E-state index in [1.807, 2.05) is 48.5 Å². The molecule has 4 rings (SSSR count). The van der Waals surface area contributed by atoms with Crippen molar-refractivity contribution in [3.05, 3.63) is 95.6 Å². The van der Waals surface area contributed by atoms with Gasteiger partial charge in [0.1, 0.15) is 12.4 Å². The Morgan fingerprint density at radius 2 is 1.79 bits per heavy atom. The second-order valence-electron chi connectivity index (χ2n) is 6.65. The summed E-state index contributed by atoms with van der Waals surface area (Å²) in [4.78, 5) is 16.6. The third-order valence-electron chi connectivity index (χ3n) is 4.36. The van der Waals surface area contributed by atoms with Crippen molar-refractivity contribution in [3.8, 4) is 5.75 Å². The molecule has 0 fully saturated rings. The Labute approximate surface area is 173 Å². The van der Waals surface area contributed by atoms with Gasteiger partial charge in [0.05, 0.1) is 10.2 Å². The number of nitrogens with zero attached hydrogens (tertiary/aromatic N) is 1. The van der Waals surface area contributed by atoms with Gasteiger partial charge in [-0.1, -0.05) is 65.4 Å². The highest BCUT2D eigenvalue weighted by Crippen LogP contribution is 2.25. The molecule has 3 aromatic carbocycles. The summed E-state index contributed by atoms with van der Waals surface area (Å²) < 4.78 is 6.86. The van der Waals surface area contributed by atoms with Gasteiger partial charge in [0, 0.05) is 6.08 Å². The van der Waals surface area contributed by atoms with E-state index in [1.165, 1.54) is 23.0 Å². The number of fused-ring (bicyclic) bond motifs is 1. The van der Waals surface area contributed by atoms with Gasteiger partial charge in [0.2, 0.25) is 5.91 Å². The summed E-state index contributed by atoms with van der Waals surface area (Å²) in [6.45, 7) is 2.59. The third kappa shape index (κ3) is 5.09. The summed E-state index contributed by atoms with van der Waals surface area (Å²) in [6, 6.07) is 23.7. The van der Waals surface area contributed by atoms with Gasteiger partial charge in [-0.25, -0.2) is 4.98 Å². The van der Waals surface area contributed by atoms with Crippen molar-refractivity contribution in [1.82, 2.24) is 4.98 Å². The van der Waals surface area contributed by atoms with Gasteiger partial charge in [-0.3, -0.25) is 10.1 Å². The molecule has 1 amide bonds. The molecule has 29 heavy (non-hydrogen) atoms. The molecule has 0 spiro atoms. The molecule has 0 unspecified atom stereocenters. The Bertz CT molecular complexity index is 1110. The van der Waals surface area contributed by atoms with Gasteiger partial charge in [0.25, 0.3) is 0 Å². The number of carbonyl (C=O) groups is 1. The van der Waals surface area contributed by atoms with Crippen molar-refractivity contribution in [2.75, 3.05) is 5.32 Å². The highest BCUT2D eigenvalue weighted by Gasteiger charge is 2.05. The number of thiazole rings is 1. The van der Waals surface area contributed by atoms with Crippen LogP contribution in [0.1, 0.15) is 16.7 Å². The monoisotopic (exact) mass is 400 g/mol. The maximum atomic E-state index is 12.2. The number of anilines is 1. The summed E-state index contributed by atoms with van der Waals surface area (Å²) in [5.74, 6) is 0.588. The van der Waals surface area contributed by atoms with E-state index in [4.69, 9.17) is 4.74 Å². The predicted molar refractivity (Wildman–Crippen MR) is 119 cm³/mol. The molecule has 0 bridgehead atoms. The number of ether oxygens (including phenoxy) is 1. The Morgan fingerprint density at radius 3 is 2.55 bits per heavy atom. The van der Waals surface area contributed by atoms with E-state index < -0.39 is 0 Å². The van der Waals surface area contributed by atoms with Gasteiger partial charge in [-0.2, -0.15) is 0 Å². The fourth-order valence-electron chi connectivity index (χ4n) is 2.77. The highest BCUT2D eigenvalue weighted by molar-refractivity contribution is 7.22. The molecule has 0 aliphatic rings. The largest absolute Gasteiger partial charge is 0.489 e. The Morgan fingerprint density at radius 1 is 1.03 bits per heavy atom. The summed E-state index contributed by atoms with van der Waals surface area (Å²) in [5.41, 5.74) is 4.17. The van der Waals surface area contributed by atoms with Gasteiger partial charge >= 0.3 is 0 Å². The van der Waals surface area contributed by atoms with Crippen molar-refractivity contribution < 1.29 is 9.53 Å². The maximum absolute atomic E-state index is 12.2. The molecule has 0 aliphatic heterocycles. The Balaban J connectivity index is 1.32. The molecule has 1 aromatic heterocycles. The van der Waals surface area contributed by atoms with Crippen molar-refractivity contribution in [1.29, 1.82) is 0 Å². The Hall–Kier alpha value is -3.44. The van der Waals surface area contributed by atoms with Crippen molar-refractivity contribution in [2.24, 2.45) is 0 Å². The topological polar surface area (TPSA) is 51.2 Å². The van der Waals surface area contributed by atoms with Crippen LogP contribution in [0.3, 0.4) is 0 Å². The van der Waals surface area contributed by atoms with Crippen molar-refractivity contribution in [3.63, 3.8) is 0 Å². The molecule has 144 valence electrons. The maximum Gasteiger partial charge on any atom is 0.250 e. The fraction of sp³-hybridized carbons (Fsp3) is 0.0833. The number of aryl methyl sites for hydroxylation is 1. The van der Waals surface area contributed by atoms with Crippen LogP contribution >= 0.6 is 11.3 Å². The molecule has 0 atom stereocenters. The summed E-state index contributed by atoms with van der Waals surface area (Å²) in [6.07, 6.45) is 3.28. The van der Waals surface area contributed by atoms with Gasteiger partial charge in [0.15, 0.2) is 5.13 Å². The van der Waals surface area contributed by atoms with Crippen molar-refractivity contribution in [2.45, 2.75) is 13.5 Å². The predicted octanol–water partition coefficient (Wildman–Crippen LogP) is 5.84. The molecular weight excluding hydrogens is 380 g/mol. The van der Waals surface area contributed by atoms with E-state index in [-0.39, 0.29) is 5.91 Å². The lowest BCUT2D eigenvalue weighted by atomic mass is 10.1. The number of hydrogen-bond donors (Lipinski definition) is 1. The van der Waals surface area contributed by atoms with E-state index in [9.17, 15) is 4.79 Å². The number of aromatic nitrogens is 1. The summed E-state index contributed by atoms with van der Waals surface area (Å²) >= 11 is 1.46. The number of hydrogen-bond acceptors (Lipinski definition) is 4. The van der Waals surface area contributed by atoms with E-state index in [1.54, 1.807) is 6.08 Å². The van der Waals surface area contributed by atoms with E-state index in [0.717, 1.165) is 27.1 Å². The molecule has 4 aromatic rings. The lowest BCUT2D eigenvalue weighted by Crippen LogP contribution is -2.07. The average Bonchev–Trinajstić information content (AvgIpc) is 3.15. The smallest absolute Gasteiger partial charge is 0.250 e. The zero-order valence-corrected chi connectivity index (χ0v) is 16.8. The number of nitrogens with one attached hydrogen (secondary N) is 1.